The van der Waals surface area contributed by atoms with Gasteiger partial charge in [-0.2, -0.15) is 9.78 Å². The standard InChI is InChI=1S/C8H7N3OS/c9-8(12)11-6(3-4-10-11)7-2-1-5-13-7/h1-5H,(H2,9,12). The molecule has 0 atom stereocenters. The summed E-state index contributed by atoms with van der Waals surface area (Å²) in [6, 6.07) is 5.03. The number of amides is 1. The predicted octanol–water partition coefficient (Wildman–Crippen LogP) is 1.54. The van der Waals surface area contributed by atoms with Crippen LogP contribution in [-0.2, 0) is 0 Å². The number of nitrogens with two attached hydrogens (primary N) is 1. The largest absolute Gasteiger partial charge is 0.350 e. The van der Waals surface area contributed by atoms with Gasteiger partial charge in [-0.25, -0.2) is 4.79 Å². The highest BCUT2D eigenvalue weighted by Crippen LogP contribution is 2.23. The number of nitrogens with zero attached hydrogens (tertiary/aromatic N) is 2. The molecule has 0 aromatic carbocycles. The monoisotopic (exact) mass is 193 g/mol. The summed E-state index contributed by atoms with van der Waals surface area (Å²) in [7, 11) is 0. The topological polar surface area (TPSA) is 60.9 Å². The lowest BCUT2D eigenvalue weighted by Crippen LogP contribution is -2.21. The number of carbonyl (C=O) groups is 1. The molecular weight excluding hydrogens is 186 g/mol. The Morgan fingerprint density at radius 3 is 3.00 bits per heavy atom. The van der Waals surface area contributed by atoms with Crippen molar-refractivity contribution >= 4 is 17.4 Å². The molecule has 66 valence electrons. The molecule has 2 aromatic rings. The Bertz CT molecular complexity index is 418. The first-order valence-electron chi connectivity index (χ1n) is 3.67. The van der Waals surface area contributed by atoms with Crippen molar-refractivity contribution in [1.29, 1.82) is 0 Å². The first-order chi connectivity index (χ1) is 6.29. The van der Waals surface area contributed by atoms with Gasteiger partial charge in [0.25, 0.3) is 0 Å². The zero-order valence-electron chi connectivity index (χ0n) is 6.68. The highest BCUT2D eigenvalue weighted by Gasteiger charge is 2.09. The maximum absolute atomic E-state index is 10.9. The highest BCUT2D eigenvalue weighted by molar-refractivity contribution is 7.13. The van der Waals surface area contributed by atoms with Gasteiger partial charge in [0.05, 0.1) is 16.8 Å². The third kappa shape index (κ3) is 1.33. The van der Waals surface area contributed by atoms with Gasteiger partial charge in [-0.05, 0) is 17.5 Å². The fourth-order valence-electron chi connectivity index (χ4n) is 1.09. The molecule has 0 aliphatic carbocycles. The molecule has 0 bridgehead atoms. The van der Waals surface area contributed by atoms with Gasteiger partial charge in [-0.15, -0.1) is 11.3 Å². The number of rotatable bonds is 1. The third-order valence-corrected chi connectivity index (χ3v) is 2.52. The molecule has 5 heteroatoms. The SMILES string of the molecule is NC(=O)n1nccc1-c1cccs1. The molecule has 13 heavy (non-hydrogen) atoms. The van der Waals surface area contributed by atoms with Crippen LogP contribution in [0.5, 0.6) is 0 Å². The van der Waals surface area contributed by atoms with Crippen molar-refractivity contribution in [1.82, 2.24) is 9.78 Å². The lowest BCUT2D eigenvalue weighted by atomic mass is 10.3. The molecule has 0 spiro atoms. The van der Waals surface area contributed by atoms with E-state index in [1.807, 2.05) is 17.5 Å². The minimum absolute atomic E-state index is 0.562. The fourth-order valence-corrected chi connectivity index (χ4v) is 1.83. The van der Waals surface area contributed by atoms with Gasteiger partial charge in [0.15, 0.2) is 0 Å². The molecule has 0 aliphatic rings. The zero-order chi connectivity index (χ0) is 9.26. The molecule has 2 rings (SSSR count). The van der Waals surface area contributed by atoms with Crippen LogP contribution in [0.1, 0.15) is 0 Å². The van der Waals surface area contributed by atoms with Gasteiger partial charge < -0.3 is 5.73 Å². The highest BCUT2D eigenvalue weighted by atomic mass is 32.1. The van der Waals surface area contributed by atoms with Crippen LogP contribution < -0.4 is 5.73 Å². The van der Waals surface area contributed by atoms with E-state index in [-0.39, 0.29) is 0 Å². The van der Waals surface area contributed by atoms with E-state index in [9.17, 15) is 4.79 Å². The average Bonchev–Trinajstić information content (AvgIpc) is 2.74. The molecule has 0 aliphatic heterocycles. The molecule has 0 unspecified atom stereocenters. The Hall–Kier alpha value is -1.62. The Labute approximate surface area is 78.6 Å². The van der Waals surface area contributed by atoms with Crippen molar-refractivity contribution in [3.05, 3.63) is 29.8 Å². The first-order valence-corrected chi connectivity index (χ1v) is 4.55. The van der Waals surface area contributed by atoms with Crippen LogP contribution in [-0.4, -0.2) is 15.8 Å². The molecule has 2 aromatic heterocycles. The van der Waals surface area contributed by atoms with Gasteiger partial charge >= 0.3 is 6.03 Å². The summed E-state index contributed by atoms with van der Waals surface area (Å²) in [5, 5.41) is 5.76. The van der Waals surface area contributed by atoms with Crippen LogP contribution in [0.3, 0.4) is 0 Å². The van der Waals surface area contributed by atoms with Gasteiger partial charge in [0.1, 0.15) is 0 Å². The second-order valence-electron chi connectivity index (χ2n) is 2.44. The Balaban J connectivity index is 2.52. The maximum Gasteiger partial charge on any atom is 0.340 e. The molecule has 2 heterocycles. The third-order valence-electron chi connectivity index (χ3n) is 1.63. The first kappa shape index (κ1) is 8.00. The van der Waals surface area contributed by atoms with Crippen LogP contribution >= 0.6 is 11.3 Å². The van der Waals surface area contributed by atoms with Crippen molar-refractivity contribution in [3.63, 3.8) is 0 Å². The van der Waals surface area contributed by atoms with E-state index in [1.54, 1.807) is 23.6 Å². The summed E-state index contributed by atoms with van der Waals surface area (Å²) in [4.78, 5) is 11.9. The fraction of sp³-hybridized carbons (Fsp3) is 0. The number of primary amides is 1. The van der Waals surface area contributed by atoms with Gasteiger partial charge in [0, 0.05) is 0 Å². The van der Waals surface area contributed by atoms with Crippen molar-refractivity contribution in [2.75, 3.05) is 0 Å². The van der Waals surface area contributed by atoms with Crippen LogP contribution in [0.25, 0.3) is 10.6 Å². The Kier molecular flexibility index (Phi) is 1.86. The van der Waals surface area contributed by atoms with Gasteiger partial charge in [0.2, 0.25) is 0 Å². The maximum atomic E-state index is 10.9. The van der Waals surface area contributed by atoms with Crippen molar-refractivity contribution in [3.8, 4) is 10.6 Å². The number of hydrogen-bond acceptors (Lipinski definition) is 3. The zero-order valence-corrected chi connectivity index (χ0v) is 7.49. The summed E-state index contributed by atoms with van der Waals surface area (Å²) in [5.74, 6) is 0. The summed E-state index contributed by atoms with van der Waals surface area (Å²) < 4.78 is 1.19. The molecular formula is C8H7N3OS. The predicted molar refractivity (Wildman–Crippen MR) is 50.5 cm³/mol. The molecule has 4 nitrogen and oxygen atoms in total. The number of hydrogen-bond donors (Lipinski definition) is 1. The lowest BCUT2D eigenvalue weighted by Gasteiger charge is -1.98. The van der Waals surface area contributed by atoms with Gasteiger partial charge in [-0.3, -0.25) is 0 Å². The Morgan fingerprint density at radius 2 is 2.38 bits per heavy atom. The Morgan fingerprint density at radius 1 is 1.54 bits per heavy atom. The van der Waals surface area contributed by atoms with Crippen LogP contribution in [0.4, 0.5) is 4.79 Å². The van der Waals surface area contributed by atoms with Crippen LogP contribution in [0.15, 0.2) is 29.8 Å². The summed E-state index contributed by atoms with van der Waals surface area (Å²) >= 11 is 1.54. The van der Waals surface area contributed by atoms with E-state index in [1.165, 1.54) is 4.68 Å². The second-order valence-corrected chi connectivity index (χ2v) is 3.39. The second kappa shape index (κ2) is 3.02. The summed E-state index contributed by atoms with van der Waals surface area (Å²) in [6.07, 6.45) is 1.56. The molecule has 0 fully saturated rings. The number of carbonyl (C=O) groups excluding carboxylic acids is 1. The molecule has 2 N–H and O–H groups in total. The minimum atomic E-state index is -0.562. The van der Waals surface area contributed by atoms with Gasteiger partial charge in [-0.1, -0.05) is 6.07 Å². The minimum Gasteiger partial charge on any atom is -0.350 e. The number of aromatic nitrogens is 2. The molecule has 0 saturated carbocycles. The van der Waals surface area contributed by atoms with Crippen molar-refractivity contribution in [2.24, 2.45) is 5.73 Å². The van der Waals surface area contributed by atoms with E-state index in [4.69, 9.17) is 5.73 Å². The smallest absolute Gasteiger partial charge is 0.340 e. The summed E-state index contributed by atoms with van der Waals surface area (Å²) in [5.41, 5.74) is 5.87. The van der Waals surface area contributed by atoms with Crippen LogP contribution in [0.2, 0.25) is 0 Å². The van der Waals surface area contributed by atoms with Crippen LogP contribution in [0, 0.1) is 0 Å². The van der Waals surface area contributed by atoms with E-state index in [0.29, 0.717) is 0 Å². The molecule has 0 saturated heterocycles. The lowest BCUT2D eigenvalue weighted by molar-refractivity contribution is 0.248. The number of thiophene rings is 1. The van der Waals surface area contributed by atoms with E-state index in [2.05, 4.69) is 5.10 Å². The summed E-state index contributed by atoms with van der Waals surface area (Å²) in [6.45, 7) is 0. The molecule has 1 amide bonds. The molecule has 0 radical (unpaired) electrons. The quantitative estimate of drug-likeness (QED) is 0.746. The van der Waals surface area contributed by atoms with E-state index >= 15 is 0 Å². The van der Waals surface area contributed by atoms with Crippen molar-refractivity contribution < 1.29 is 4.79 Å². The van der Waals surface area contributed by atoms with E-state index < -0.39 is 6.03 Å². The van der Waals surface area contributed by atoms with E-state index in [0.717, 1.165) is 10.6 Å². The normalized spacial score (nSPS) is 10.2. The van der Waals surface area contributed by atoms with Crippen molar-refractivity contribution in [2.45, 2.75) is 0 Å². The average molecular weight is 193 g/mol.